The van der Waals surface area contributed by atoms with E-state index in [0.29, 0.717) is 25.9 Å². The smallest absolute Gasteiger partial charge is 0.305 e. The second-order valence-corrected chi connectivity index (χ2v) is 28.5. The number of rotatable bonds is 78. The van der Waals surface area contributed by atoms with Gasteiger partial charge in [-0.3, -0.25) is 9.59 Å². The quantitative estimate of drug-likeness (QED) is 0.0320. The standard InChI is InChI=1S/C84H161NO5/c1-3-5-7-9-11-13-15-17-19-21-23-37-41-44-48-52-56-60-64-68-72-76-82(87)81(80-86)85-83(88)77-73-69-65-61-57-53-49-45-42-38-35-33-31-29-27-25-24-26-28-30-32-34-36-39-43-47-51-55-59-63-67-71-75-79-90-84(89)78-74-70-66-62-58-54-50-46-40-22-20-18-16-14-12-10-8-6-4-2/h18,20,28,30,34,36,81-82,86-87H,3-17,19,21-27,29,31-33,35,37-80H2,1-2H3,(H,85,88)/b20-18-,30-28-,36-34-. The normalized spacial score (nSPS) is 12.6. The highest BCUT2D eigenvalue weighted by molar-refractivity contribution is 5.76. The SMILES string of the molecule is CCCCCCCC/C=C\CCCCCCCCCCCC(=O)OCCCCCCCCCCC/C=C\C/C=C\CCCCCCCCCCCCCCCCCCCC(=O)NC(CO)C(O)CCCCCCCCCCCCCCCCCCCCCCC. The Bertz CT molecular complexity index is 1460. The number of aliphatic hydroxyl groups excluding tert-OH is 2. The molecule has 0 aliphatic carbocycles. The molecule has 0 aliphatic heterocycles. The van der Waals surface area contributed by atoms with Gasteiger partial charge in [-0.2, -0.15) is 0 Å². The molecular formula is C84H161NO5. The molecule has 0 aromatic rings. The lowest BCUT2D eigenvalue weighted by molar-refractivity contribution is -0.143. The van der Waals surface area contributed by atoms with Crippen molar-refractivity contribution in [3.05, 3.63) is 36.5 Å². The Balaban J connectivity index is 3.37. The molecule has 2 unspecified atom stereocenters. The van der Waals surface area contributed by atoms with Crippen LogP contribution >= 0.6 is 0 Å². The van der Waals surface area contributed by atoms with Crippen molar-refractivity contribution in [2.75, 3.05) is 13.2 Å². The van der Waals surface area contributed by atoms with Crippen LogP contribution in [0.4, 0.5) is 0 Å². The van der Waals surface area contributed by atoms with Crippen molar-refractivity contribution >= 4 is 11.9 Å². The zero-order valence-corrected chi connectivity index (χ0v) is 61.1. The Morgan fingerprint density at radius 1 is 0.311 bits per heavy atom. The molecule has 0 spiro atoms. The minimum Gasteiger partial charge on any atom is -0.466 e. The third-order valence-corrected chi connectivity index (χ3v) is 19.4. The van der Waals surface area contributed by atoms with Crippen molar-refractivity contribution < 1.29 is 24.5 Å². The summed E-state index contributed by atoms with van der Waals surface area (Å²) in [7, 11) is 0. The molecule has 0 saturated heterocycles. The van der Waals surface area contributed by atoms with Gasteiger partial charge in [-0.05, 0) is 83.5 Å². The van der Waals surface area contributed by atoms with E-state index in [1.54, 1.807) is 0 Å². The largest absolute Gasteiger partial charge is 0.466 e. The molecule has 2 atom stereocenters. The summed E-state index contributed by atoms with van der Waals surface area (Å²) in [6.45, 7) is 5.00. The number of carbonyl (C=O) groups is 2. The van der Waals surface area contributed by atoms with E-state index in [1.807, 2.05) is 0 Å². The fourth-order valence-corrected chi connectivity index (χ4v) is 13.1. The third kappa shape index (κ3) is 75.1. The summed E-state index contributed by atoms with van der Waals surface area (Å²) in [5.74, 6) is -0.0133. The van der Waals surface area contributed by atoms with Gasteiger partial charge in [0, 0.05) is 12.8 Å². The number of unbranched alkanes of at least 4 members (excludes halogenated alkanes) is 61. The monoisotopic (exact) mass is 1260 g/mol. The number of nitrogens with one attached hydrogen (secondary N) is 1. The van der Waals surface area contributed by atoms with Crippen LogP contribution in [-0.4, -0.2) is 47.4 Å². The molecule has 3 N–H and O–H groups in total. The molecule has 532 valence electrons. The van der Waals surface area contributed by atoms with Crippen LogP contribution in [0.1, 0.15) is 463 Å². The molecule has 0 fully saturated rings. The predicted molar refractivity (Wildman–Crippen MR) is 398 cm³/mol. The molecule has 0 aliphatic rings. The highest BCUT2D eigenvalue weighted by atomic mass is 16.5. The van der Waals surface area contributed by atoms with E-state index in [4.69, 9.17) is 4.74 Å². The molecule has 0 radical (unpaired) electrons. The average molecular weight is 1270 g/mol. The maximum absolute atomic E-state index is 12.6. The van der Waals surface area contributed by atoms with Crippen molar-refractivity contribution in [3.8, 4) is 0 Å². The van der Waals surface area contributed by atoms with Gasteiger partial charge in [-0.15, -0.1) is 0 Å². The maximum atomic E-state index is 12.6. The number of carbonyl (C=O) groups excluding carboxylic acids is 2. The first kappa shape index (κ1) is 88.1. The highest BCUT2D eigenvalue weighted by Gasteiger charge is 2.20. The lowest BCUT2D eigenvalue weighted by Crippen LogP contribution is -2.45. The number of esters is 1. The van der Waals surface area contributed by atoms with Gasteiger partial charge in [0.05, 0.1) is 25.4 Å². The van der Waals surface area contributed by atoms with Crippen molar-refractivity contribution in [2.24, 2.45) is 0 Å². The third-order valence-electron chi connectivity index (χ3n) is 19.4. The summed E-state index contributed by atoms with van der Waals surface area (Å²) in [4.78, 5) is 24.7. The first-order valence-electron chi connectivity index (χ1n) is 41.2. The fraction of sp³-hybridized carbons (Fsp3) is 0.905. The minimum atomic E-state index is -0.664. The molecule has 6 heteroatoms. The van der Waals surface area contributed by atoms with E-state index in [0.717, 1.165) is 44.9 Å². The lowest BCUT2D eigenvalue weighted by atomic mass is 10.0. The molecule has 0 aromatic heterocycles. The first-order valence-corrected chi connectivity index (χ1v) is 41.2. The van der Waals surface area contributed by atoms with Crippen LogP contribution in [0, 0.1) is 0 Å². The van der Waals surface area contributed by atoms with Crippen LogP contribution in [-0.2, 0) is 14.3 Å². The van der Waals surface area contributed by atoms with Gasteiger partial charge in [0.25, 0.3) is 0 Å². The molecule has 90 heavy (non-hydrogen) atoms. The summed E-state index contributed by atoms with van der Waals surface area (Å²) in [6, 6.07) is -0.541. The Hall–Kier alpha value is -1.92. The van der Waals surface area contributed by atoms with Gasteiger partial charge in [-0.25, -0.2) is 0 Å². The molecule has 0 bridgehead atoms. The second kappa shape index (κ2) is 79.5. The summed E-state index contributed by atoms with van der Waals surface area (Å²) >= 11 is 0. The predicted octanol–water partition coefficient (Wildman–Crippen LogP) is 27.4. The van der Waals surface area contributed by atoms with E-state index in [2.05, 4.69) is 55.6 Å². The molecule has 1 amide bonds. The zero-order valence-electron chi connectivity index (χ0n) is 61.1. The van der Waals surface area contributed by atoms with Crippen LogP contribution in [0.25, 0.3) is 0 Å². The fourth-order valence-electron chi connectivity index (χ4n) is 13.1. The van der Waals surface area contributed by atoms with E-state index in [-0.39, 0.29) is 18.5 Å². The summed E-state index contributed by atoms with van der Waals surface area (Å²) < 4.78 is 5.51. The van der Waals surface area contributed by atoms with Gasteiger partial charge < -0.3 is 20.3 Å². The molecule has 0 saturated carbocycles. The molecule has 0 aromatic carbocycles. The molecular weight excluding hydrogens is 1100 g/mol. The maximum Gasteiger partial charge on any atom is 0.305 e. The molecule has 0 heterocycles. The number of hydrogen-bond acceptors (Lipinski definition) is 5. The summed E-state index contributed by atoms with van der Waals surface area (Å²) in [6.07, 6.45) is 104. The number of allylic oxidation sites excluding steroid dienone is 6. The minimum absolute atomic E-state index is 0.0147. The lowest BCUT2D eigenvalue weighted by Gasteiger charge is -2.22. The van der Waals surface area contributed by atoms with E-state index in [9.17, 15) is 19.8 Å². The van der Waals surface area contributed by atoms with E-state index >= 15 is 0 Å². The van der Waals surface area contributed by atoms with Gasteiger partial charge in [0.2, 0.25) is 5.91 Å². The van der Waals surface area contributed by atoms with Gasteiger partial charge in [0.15, 0.2) is 0 Å². The van der Waals surface area contributed by atoms with Crippen molar-refractivity contribution in [1.82, 2.24) is 5.32 Å². The zero-order chi connectivity index (χ0) is 64.9. The van der Waals surface area contributed by atoms with Crippen molar-refractivity contribution in [2.45, 2.75) is 475 Å². The van der Waals surface area contributed by atoms with E-state index < -0.39 is 12.1 Å². The highest BCUT2D eigenvalue weighted by Crippen LogP contribution is 2.20. The van der Waals surface area contributed by atoms with Gasteiger partial charge in [0.1, 0.15) is 0 Å². The number of ether oxygens (including phenoxy) is 1. The average Bonchev–Trinajstić information content (AvgIpc) is 3.65. The topological polar surface area (TPSA) is 95.9 Å². The van der Waals surface area contributed by atoms with Gasteiger partial charge in [-0.1, -0.05) is 403 Å². The molecule has 6 nitrogen and oxygen atoms in total. The van der Waals surface area contributed by atoms with Crippen molar-refractivity contribution in [1.29, 1.82) is 0 Å². The Morgan fingerprint density at radius 2 is 0.556 bits per heavy atom. The van der Waals surface area contributed by atoms with Crippen LogP contribution in [0.2, 0.25) is 0 Å². The first-order chi connectivity index (χ1) is 44.5. The Labute approximate surface area is 564 Å². The van der Waals surface area contributed by atoms with Gasteiger partial charge >= 0.3 is 5.97 Å². The van der Waals surface area contributed by atoms with E-state index in [1.165, 1.54) is 385 Å². The Kier molecular flexibility index (Phi) is 77.8. The number of hydrogen-bond donors (Lipinski definition) is 3. The number of aliphatic hydroxyl groups is 2. The van der Waals surface area contributed by atoms with Crippen molar-refractivity contribution in [3.63, 3.8) is 0 Å². The number of amides is 1. The van der Waals surface area contributed by atoms with Crippen LogP contribution in [0.5, 0.6) is 0 Å². The Morgan fingerprint density at radius 3 is 0.856 bits per heavy atom. The molecule has 0 rings (SSSR count). The second-order valence-electron chi connectivity index (χ2n) is 28.5. The van der Waals surface area contributed by atoms with Crippen LogP contribution in [0.3, 0.4) is 0 Å². The van der Waals surface area contributed by atoms with Crippen LogP contribution in [0.15, 0.2) is 36.5 Å². The summed E-state index contributed by atoms with van der Waals surface area (Å²) in [5.41, 5.74) is 0. The van der Waals surface area contributed by atoms with Crippen LogP contribution < -0.4 is 5.32 Å². The summed E-state index contributed by atoms with van der Waals surface area (Å²) in [5, 5.41) is 23.5.